The van der Waals surface area contributed by atoms with Gasteiger partial charge in [-0.1, -0.05) is 11.6 Å². The Labute approximate surface area is 113 Å². The third-order valence-corrected chi connectivity index (χ3v) is 3.09. The Morgan fingerprint density at radius 1 is 1.56 bits per heavy atom. The number of hydrogen-bond donors (Lipinski definition) is 1. The second-order valence-corrected chi connectivity index (χ2v) is 4.79. The van der Waals surface area contributed by atoms with E-state index in [4.69, 9.17) is 11.6 Å². The van der Waals surface area contributed by atoms with Gasteiger partial charge >= 0.3 is 0 Å². The molecule has 0 bridgehead atoms. The molecule has 0 spiro atoms. The number of carbonyl (C=O) groups is 1. The third kappa shape index (κ3) is 3.15. The average molecular weight is 281 g/mol. The largest absolute Gasteiger partial charge is 0.507 e. The number of phenolic OH excluding ortho intramolecular Hbond substituents is 1. The van der Waals surface area contributed by atoms with Crippen LogP contribution in [0, 0.1) is 0 Å². The van der Waals surface area contributed by atoms with E-state index in [1.165, 1.54) is 35.8 Å². The van der Waals surface area contributed by atoms with Crippen LogP contribution in [0.25, 0.3) is 0 Å². The van der Waals surface area contributed by atoms with Gasteiger partial charge in [-0.2, -0.15) is 0 Å². The molecule has 0 aliphatic heterocycles. The number of aliphatic imine (C=N–C) groups is 1. The number of nitrogens with zero attached hydrogens (tertiary/aromatic N) is 2. The lowest BCUT2D eigenvalue weighted by Crippen LogP contribution is -2.04. The van der Waals surface area contributed by atoms with E-state index in [0.717, 1.165) is 5.01 Å². The molecular formula is C12H9ClN2O2S. The molecule has 0 aliphatic carbocycles. The molecule has 4 nitrogen and oxygen atoms in total. The SMILES string of the molecule is O=C(CN=Cc1nccs1)c1cc(Cl)ccc1O. The van der Waals surface area contributed by atoms with Gasteiger partial charge in [0.2, 0.25) is 0 Å². The first-order valence-electron chi connectivity index (χ1n) is 5.08. The molecule has 1 N–H and O–H groups in total. The van der Waals surface area contributed by atoms with E-state index in [2.05, 4.69) is 9.98 Å². The molecule has 0 aliphatic rings. The van der Waals surface area contributed by atoms with Gasteiger partial charge in [0.25, 0.3) is 0 Å². The molecule has 92 valence electrons. The number of aromatic hydroxyl groups is 1. The number of hydrogen-bond acceptors (Lipinski definition) is 5. The highest BCUT2D eigenvalue weighted by atomic mass is 35.5. The Hall–Kier alpha value is -1.72. The standard InChI is InChI=1S/C12H9ClN2O2S/c13-8-1-2-10(16)9(5-8)11(17)6-14-7-12-15-3-4-18-12/h1-5,7,16H,6H2. The zero-order valence-corrected chi connectivity index (χ0v) is 10.8. The lowest BCUT2D eigenvalue weighted by molar-refractivity contribution is 0.0999. The van der Waals surface area contributed by atoms with Gasteiger partial charge in [0.05, 0.1) is 11.8 Å². The predicted molar refractivity (Wildman–Crippen MR) is 72.0 cm³/mol. The number of aromatic nitrogens is 1. The number of carbonyl (C=O) groups excluding carboxylic acids is 1. The second-order valence-electron chi connectivity index (χ2n) is 3.42. The average Bonchev–Trinajstić information content (AvgIpc) is 2.85. The summed E-state index contributed by atoms with van der Waals surface area (Å²) in [6.45, 7) is -0.0481. The summed E-state index contributed by atoms with van der Waals surface area (Å²) in [6, 6.07) is 4.34. The van der Waals surface area contributed by atoms with Crippen LogP contribution in [0.2, 0.25) is 5.02 Å². The van der Waals surface area contributed by atoms with Crippen molar-refractivity contribution in [1.29, 1.82) is 0 Å². The molecule has 0 saturated heterocycles. The molecular weight excluding hydrogens is 272 g/mol. The van der Waals surface area contributed by atoms with Crippen LogP contribution >= 0.6 is 22.9 Å². The highest BCUT2D eigenvalue weighted by molar-refractivity contribution is 7.11. The van der Waals surface area contributed by atoms with E-state index < -0.39 is 0 Å². The van der Waals surface area contributed by atoms with Gasteiger partial charge in [-0.25, -0.2) is 4.98 Å². The fourth-order valence-corrected chi connectivity index (χ4v) is 2.01. The lowest BCUT2D eigenvalue weighted by atomic mass is 10.1. The van der Waals surface area contributed by atoms with Gasteiger partial charge < -0.3 is 5.11 Å². The van der Waals surface area contributed by atoms with E-state index in [1.54, 1.807) is 6.20 Å². The van der Waals surface area contributed by atoms with Crippen LogP contribution in [0.3, 0.4) is 0 Å². The maximum atomic E-state index is 11.8. The minimum Gasteiger partial charge on any atom is -0.507 e. The monoisotopic (exact) mass is 280 g/mol. The van der Waals surface area contributed by atoms with E-state index in [9.17, 15) is 9.90 Å². The first kappa shape index (κ1) is 12.7. The van der Waals surface area contributed by atoms with Crippen LogP contribution in [0.15, 0.2) is 34.8 Å². The summed E-state index contributed by atoms with van der Waals surface area (Å²) in [5.41, 5.74) is 0.179. The van der Waals surface area contributed by atoms with E-state index in [1.807, 2.05) is 5.38 Å². The van der Waals surface area contributed by atoms with Crippen LogP contribution < -0.4 is 0 Å². The number of benzene rings is 1. The molecule has 18 heavy (non-hydrogen) atoms. The topological polar surface area (TPSA) is 62.5 Å². The summed E-state index contributed by atoms with van der Waals surface area (Å²) < 4.78 is 0. The van der Waals surface area contributed by atoms with E-state index in [0.29, 0.717) is 5.02 Å². The summed E-state index contributed by atoms with van der Waals surface area (Å²) >= 11 is 7.20. The van der Waals surface area contributed by atoms with E-state index in [-0.39, 0.29) is 23.6 Å². The highest BCUT2D eigenvalue weighted by Crippen LogP contribution is 2.21. The molecule has 0 unspecified atom stereocenters. The molecule has 6 heteroatoms. The number of phenols is 1. The number of Topliss-reactive ketones (excluding diaryl/α,β-unsaturated/α-hetero) is 1. The fourth-order valence-electron chi connectivity index (χ4n) is 1.32. The van der Waals surface area contributed by atoms with Crippen molar-refractivity contribution < 1.29 is 9.90 Å². The highest BCUT2D eigenvalue weighted by Gasteiger charge is 2.10. The van der Waals surface area contributed by atoms with Crippen molar-refractivity contribution in [2.24, 2.45) is 4.99 Å². The van der Waals surface area contributed by atoms with Gasteiger partial charge in [0.15, 0.2) is 5.78 Å². The third-order valence-electron chi connectivity index (χ3n) is 2.15. The Kier molecular flexibility index (Phi) is 4.07. The summed E-state index contributed by atoms with van der Waals surface area (Å²) in [5.74, 6) is -0.378. The maximum absolute atomic E-state index is 11.8. The summed E-state index contributed by atoms with van der Waals surface area (Å²) in [4.78, 5) is 19.8. The second kappa shape index (κ2) is 5.75. The Morgan fingerprint density at radius 2 is 2.39 bits per heavy atom. The first-order chi connectivity index (χ1) is 8.66. The summed E-state index contributed by atoms with van der Waals surface area (Å²) in [6.07, 6.45) is 3.20. The van der Waals surface area contributed by atoms with Crippen molar-refractivity contribution in [3.05, 3.63) is 45.4 Å². The summed E-state index contributed by atoms with van der Waals surface area (Å²) in [5, 5.41) is 12.5. The van der Waals surface area contributed by atoms with E-state index >= 15 is 0 Å². The normalized spacial score (nSPS) is 10.9. The molecule has 2 aromatic rings. The minimum atomic E-state index is -0.289. The van der Waals surface area contributed by atoms with Crippen LogP contribution in [0.1, 0.15) is 15.4 Å². The van der Waals surface area contributed by atoms with Gasteiger partial charge in [0.1, 0.15) is 17.3 Å². The minimum absolute atomic E-state index is 0.0481. The van der Waals surface area contributed by atoms with Gasteiger partial charge in [0, 0.05) is 16.6 Å². The lowest BCUT2D eigenvalue weighted by Gasteiger charge is -2.01. The maximum Gasteiger partial charge on any atom is 0.187 e. The number of rotatable bonds is 4. The first-order valence-corrected chi connectivity index (χ1v) is 6.33. The van der Waals surface area contributed by atoms with Gasteiger partial charge in [-0.15, -0.1) is 11.3 Å². The molecule has 2 rings (SSSR count). The molecule has 0 radical (unpaired) electrons. The van der Waals surface area contributed by atoms with Crippen molar-refractivity contribution in [3.8, 4) is 5.75 Å². The number of thiazole rings is 1. The molecule has 1 heterocycles. The Balaban J connectivity index is 2.06. The van der Waals surface area contributed by atoms with Crippen LogP contribution in [-0.2, 0) is 0 Å². The van der Waals surface area contributed by atoms with Gasteiger partial charge in [-0.3, -0.25) is 9.79 Å². The molecule has 1 aromatic heterocycles. The molecule has 0 atom stereocenters. The van der Waals surface area contributed by atoms with Crippen molar-refractivity contribution in [3.63, 3.8) is 0 Å². The summed E-state index contributed by atoms with van der Waals surface area (Å²) in [7, 11) is 0. The zero-order valence-electron chi connectivity index (χ0n) is 9.21. The van der Waals surface area contributed by atoms with Gasteiger partial charge in [-0.05, 0) is 18.2 Å². The number of ketones is 1. The Bertz CT molecular complexity index is 582. The smallest absolute Gasteiger partial charge is 0.187 e. The number of halogens is 1. The molecule has 0 amide bonds. The van der Waals surface area contributed by atoms with Crippen molar-refractivity contribution in [1.82, 2.24) is 4.98 Å². The van der Waals surface area contributed by atoms with Crippen LogP contribution in [0.5, 0.6) is 5.75 Å². The molecule has 0 saturated carbocycles. The predicted octanol–water partition coefficient (Wildman–Crippen LogP) is 2.80. The van der Waals surface area contributed by atoms with Crippen molar-refractivity contribution in [2.45, 2.75) is 0 Å². The quantitative estimate of drug-likeness (QED) is 0.692. The molecule has 1 aromatic carbocycles. The van der Waals surface area contributed by atoms with Crippen molar-refractivity contribution in [2.75, 3.05) is 6.54 Å². The van der Waals surface area contributed by atoms with Crippen molar-refractivity contribution >= 4 is 34.9 Å². The fraction of sp³-hybridized carbons (Fsp3) is 0.0833. The zero-order chi connectivity index (χ0) is 13.0. The molecule has 0 fully saturated rings. The Morgan fingerprint density at radius 3 is 3.11 bits per heavy atom. The van der Waals surface area contributed by atoms with Crippen LogP contribution in [0.4, 0.5) is 0 Å². The van der Waals surface area contributed by atoms with Crippen LogP contribution in [-0.4, -0.2) is 28.6 Å².